The smallest absolute Gasteiger partial charge is 0.115 e. The largest absolute Gasteiger partial charge is 0.508 e. The van der Waals surface area contributed by atoms with Crippen LogP contribution in [0.2, 0.25) is 0 Å². The van der Waals surface area contributed by atoms with Gasteiger partial charge in [0.15, 0.2) is 0 Å². The molecule has 0 spiro atoms. The number of nitrogens with zero attached hydrogens (tertiary/aromatic N) is 1. The van der Waals surface area contributed by atoms with Gasteiger partial charge in [-0.3, -0.25) is 0 Å². The molecule has 1 aromatic carbocycles. The molecule has 1 fully saturated rings. The molecule has 1 aliphatic heterocycles. The van der Waals surface area contributed by atoms with Crippen LogP contribution in [0.3, 0.4) is 0 Å². The van der Waals surface area contributed by atoms with Gasteiger partial charge >= 0.3 is 0 Å². The zero-order chi connectivity index (χ0) is 13.2. The molecule has 0 unspecified atom stereocenters. The molecular weight excluding hydrogens is 222 g/mol. The van der Waals surface area contributed by atoms with Crippen molar-refractivity contribution >= 4 is 0 Å². The van der Waals surface area contributed by atoms with Crippen molar-refractivity contribution in [1.29, 1.82) is 0 Å². The zero-order valence-electron chi connectivity index (χ0n) is 11.8. The molecule has 1 N–H and O–H groups in total. The van der Waals surface area contributed by atoms with Gasteiger partial charge in [-0.05, 0) is 50.0 Å². The standard InChI is InChI=1S/C16H25NO/c1-4-8-16(9-10-17(3)12-13(16)2)14-6-5-7-15(18)11-14/h5-7,11,13,18H,4,8-10,12H2,1-3H3/t13-,16+/m1/s1. The van der Waals surface area contributed by atoms with Gasteiger partial charge in [-0.15, -0.1) is 0 Å². The van der Waals surface area contributed by atoms with Crippen LogP contribution in [0.1, 0.15) is 38.7 Å². The Morgan fingerprint density at radius 1 is 1.44 bits per heavy atom. The Kier molecular flexibility index (Phi) is 3.96. The highest BCUT2D eigenvalue weighted by molar-refractivity contribution is 5.34. The van der Waals surface area contributed by atoms with Crippen molar-refractivity contribution in [1.82, 2.24) is 4.90 Å². The second-order valence-electron chi connectivity index (χ2n) is 5.87. The second kappa shape index (κ2) is 5.31. The van der Waals surface area contributed by atoms with Crippen molar-refractivity contribution in [3.8, 4) is 5.75 Å². The number of benzene rings is 1. The maximum atomic E-state index is 9.75. The maximum absolute atomic E-state index is 9.75. The van der Waals surface area contributed by atoms with Crippen LogP contribution in [0.4, 0.5) is 0 Å². The van der Waals surface area contributed by atoms with Crippen LogP contribution >= 0.6 is 0 Å². The van der Waals surface area contributed by atoms with Crippen molar-refractivity contribution in [3.05, 3.63) is 29.8 Å². The Hall–Kier alpha value is -1.02. The molecule has 2 atom stereocenters. The predicted molar refractivity (Wildman–Crippen MR) is 76.0 cm³/mol. The first-order chi connectivity index (χ1) is 8.58. The van der Waals surface area contributed by atoms with Gasteiger partial charge in [-0.25, -0.2) is 0 Å². The molecule has 1 heterocycles. The van der Waals surface area contributed by atoms with Crippen LogP contribution in [-0.2, 0) is 5.41 Å². The summed E-state index contributed by atoms with van der Waals surface area (Å²) in [6, 6.07) is 7.91. The number of likely N-dealkylation sites (tertiary alicyclic amines) is 1. The third-order valence-electron chi connectivity index (χ3n) is 4.59. The highest BCUT2D eigenvalue weighted by atomic mass is 16.3. The lowest BCUT2D eigenvalue weighted by Crippen LogP contribution is -2.47. The summed E-state index contributed by atoms with van der Waals surface area (Å²) in [5, 5.41) is 9.75. The number of hydrogen-bond acceptors (Lipinski definition) is 2. The zero-order valence-corrected chi connectivity index (χ0v) is 11.8. The van der Waals surface area contributed by atoms with Crippen molar-refractivity contribution in [2.75, 3.05) is 20.1 Å². The molecule has 0 bridgehead atoms. The minimum Gasteiger partial charge on any atom is -0.508 e. The first kappa shape index (κ1) is 13.4. The van der Waals surface area contributed by atoms with Gasteiger partial charge in [-0.1, -0.05) is 32.4 Å². The fraction of sp³-hybridized carbons (Fsp3) is 0.625. The van der Waals surface area contributed by atoms with Gasteiger partial charge < -0.3 is 10.0 Å². The molecule has 0 aliphatic carbocycles. The lowest BCUT2D eigenvalue weighted by atomic mass is 9.64. The first-order valence-electron chi connectivity index (χ1n) is 7.06. The summed E-state index contributed by atoms with van der Waals surface area (Å²) < 4.78 is 0. The number of piperidine rings is 1. The molecule has 2 nitrogen and oxygen atoms in total. The number of rotatable bonds is 3. The summed E-state index contributed by atoms with van der Waals surface area (Å²) in [4.78, 5) is 2.42. The van der Waals surface area contributed by atoms with Crippen LogP contribution in [0.5, 0.6) is 5.75 Å². The molecule has 2 rings (SSSR count). The molecule has 0 amide bonds. The molecule has 0 aromatic heterocycles. The third kappa shape index (κ3) is 2.39. The highest BCUT2D eigenvalue weighted by Gasteiger charge is 2.40. The molecule has 0 radical (unpaired) electrons. The van der Waals surface area contributed by atoms with Crippen molar-refractivity contribution in [2.45, 2.75) is 38.5 Å². The van der Waals surface area contributed by atoms with E-state index < -0.39 is 0 Å². The topological polar surface area (TPSA) is 23.5 Å². The SMILES string of the molecule is CCC[C@]1(c2cccc(O)c2)CCN(C)C[C@H]1C. The van der Waals surface area contributed by atoms with Gasteiger partial charge in [0.1, 0.15) is 5.75 Å². The van der Waals surface area contributed by atoms with Crippen LogP contribution < -0.4 is 0 Å². The fourth-order valence-corrected chi connectivity index (χ4v) is 3.58. The average molecular weight is 247 g/mol. The van der Waals surface area contributed by atoms with Crippen LogP contribution in [0.15, 0.2) is 24.3 Å². The molecule has 1 aliphatic rings. The number of hydrogen-bond donors (Lipinski definition) is 1. The van der Waals surface area contributed by atoms with Crippen molar-refractivity contribution in [3.63, 3.8) is 0 Å². The van der Waals surface area contributed by atoms with Gasteiger partial charge in [-0.2, -0.15) is 0 Å². The normalized spacial score (nSPS) is 29.4. The lowest BCUT2D eigenvalue weighted by molar-refractivity contribution is 0.112. The minimum atomic E-state index is 0.250. The average Bonchev–Trinajstić information content (AvgIpc) is 2.33. The predicted octanol–water partition coefficient (Wildman–Crippen LogP) is 3.40. The van der Waals surface area contributed by atoms with E-state index in [0.717, 1.165) is 13.1 Å². The summed E-state index contributed by atoms with van der Waals surface area (Å²) >= 11 is 0. The van der Waals surface area contributed by atoms with Crippen LogP contribution in [0, 0.1) is 5.92 Å². The van der Waals surface area contributed by atoms with E-state index in [-0.39, 0.29) is 5.41 Å². The lowest BCUT2D eigenvalue weighted by Gasteiger charge is -2.46. The first-order valence-corrected chi connectivity index (χ1v) is 7.06. The number of phenolic OH excluding ortho intramolecular Hbond substituents is 1. The molecular formula is C16H25NO. The maximum Gasteiger partial charge on any atom is 0.115 e. The quantitative estimate of drug-likeness (QED) is 0.885. The summed E-state index contributed by atoms with van der Waals surface area (Å²) in [6.07, 6.45) is 3.61. The van der Waals surface area contributed by atoms with Crippen LogP contribution in [-0.4, -0.2) is 30.1 Å². The van der Waals surface area contributed by atoms with E-state index in [0.29, 0.717) is 11.7 Å². The molecule has 18 heavy (non-hydrogen) atoms. The Morgan fingerprint density at radius 3 is 2.83 bits per heavy atom. The van der Waals surface area contributed by atoms with Gasteiger partial charge in [0.2, 0.25) is 0 Å². The van der Waals surface area contributed by atoms with Gasteiger partial charge in [0.25, 0.3) is 0 Å². The monoisotopic (exact) mass is 247 g/mol. The molecule has 1 aromatic rings. The van der Waals surface area contributed by atoms with Crippen molar-refractivity contribution < 1.29 is 5.11 Å². The molecule has 1 saturated heterocycles. The summed E-state index contributed by atoms with van der Waals surface area (Å²) in [6.45, 7) is 6.92. The molecule has 0 saturated carbocycles. The number of aromatic hydroxyl groups is 1. The Morgan fingerprint density at radius 2 is 2.22 bits per heavy atom. The molecule has 100 valence electrons. The minimum absolute atomic E-state index is 0.250. The summed E-state index contributed by atoms with van der Waals surface area (Å²) in [5.74, 6) is 1.03. The van der Waals surface area contributed by atoms with Gasteiger partial charge in [0.05, 0.1) is 0 Å². The van der Waals surface area contributed by atoms with E-state index >= 15 is 0 Å². The van der Waals surface area contributed by atoms with E-state index in [1.165, 1.54) is 24.8 Å². The Labute approximate surface area is 111 Å². The number of phenols is 1. The fourth-order valence-electron chi connectivity index (χ4n) is 3.58. The van der Waals surface area contributed by atoms with Crippen LogP contribution in [0.25, 0.3) is 0 Å². The summed E-state index contributed by atoms with van der Waals surface area (Å²) in [7, 11) is 2.20. The van der Waals surface area contributed by atoms with E-state index in [2.05, 4.69) is 31.9 Å². The van der Waals surface area contributed by atoms with Gasteiger partial charge in [0, 0.05) is 12.0 Å². The summed E-state index contributed by atoms with van der Waals surface area (Å²) in [5.41, 5.74) is 1.57. The second-order valence-corrected chi connectivity index (χ2v) is 5.87. The van der Waals surface area contributed by atoms with E-state index in [1.807, 2.05) is 12.1 Å². The Bertz CT molecular complexity index is 404. The van der Waals surface area contributed by atoms with E-state index in [9.17, 15) is 5.11 Å². The van der Waals surface area contributed by atoms with E-state index in [1.54, 1.807) is 6.07 Å². The van der Waals surface area contributed by atoms with E-state index in [4.69, 9.17) is 0 Å². The Balaban J connectivity index is 2.37. The molecule has 2 heteroatoms. The highest BCUT2D eigenvalue weighted by Crippen LogP contribution is 2.43. The third-order valence-corrected chi connectivity index (χ3v) is 4.59. The van der Waals surface area contributed by atoms with Crippen molar-refractivity contribution in [2.24, 2.45) is 5.92 Å².